The monoisotopic (exact) mass is 433 g/mol. The normalized spacial score (nSPS) is 12.2. The standard InChI is InChI=1S/C22H19N5O5/c1-2-30-15-6-3-13(4-7-15)10-23-21-24-11-16-19(25-21)26-22(29)27(20(16)28)14-5-8-17-18(9-14)32-12-31-17/h3-9,11H,2,10,12H2,1H3,(H2,23,24,25,26,29). The van der Waals surface area contributed by atoms with Gasteiger partial charge in [-0.05, 0) is 36.8 Å². The van der Waals surface area contributed by atoms with Crippen LogP contribution in [0.4, 0.5) is 5.95 Å². The predicted molar refractivity (Wildman–Crippen MR) is 117 cm³/mol. The lowest BCUT2D eigenvalue weighted by Crippen LogP contribution is -2.34. The molecule has 0 aliphatic carbocycles. The van der Waals surface area contributed by atoms with Gasteiger partial charge in [-0.1, -0.05) is 12.1 Å². The zero-order chi connectivity index (χ0) is 22.1. The Morgan fingerprint density at radius 1 is 1.12 bits per heavy atom. The summed E-state index contributed by atoms with van der Waals surface area (Å²) in [5, 5.41) is 3.28. The zero-order valence-corrected chi connectivity index (χ0v) is 17.1. The number of hydrogen-bond donors (Lipinski definition) is 2. The lowest BCUT2D eigenvalue weighted by Gasteiger charge is -2.09. The Morgan fingerprint density at radius 2 is 1.94 bits per heavy atom. The fourth-order valence-electron chi connectivity index (χ4n) is 3.40. The molecule has 10 nitrogen and oxygen atoms in total. The SMILES string of the molecule is CCOc1ccc(CNc2ncc3c(=O)n(-c4ccc5c(c4)OCO5)c(=O)[nH]c3n2)cc1. The minimum atomic E-state index is -0.613. The van der Waals surface area contributed by atoms with Crippen molar-refractivity contribution >= 4 is 17.0 Å². The molecule has 0 fully saturated rings. The number of hydrogen-bond acceptors (Lipinski definition) is 8. The lowest BCUT2D eigenvalue weighted by atomic mass is 10.2. The molecule has 0 unspecified atom stereocenters. The molecule has 0 amide bonds. The van der Waals surface area contributed by atoms with E-state index in [-0.39, 0.29) is 17.8 Å². The molecule has 32 heavy (non-hydrogen) atoms. The van der Waals surface area contributed by atoms with Crippen molar-refractivity contribution in [2.24, 2.45) is 0 Å². The Labute approximate surface area is 181 Å². The molecule has 2 aromatic carbocycles. The first-order chi connectivity index (χ1) is 15.6. The molecule has 5 rings (SSSR count). The molecule has 2 aromatic heterocycles. The van der Waals surface area contributed by atoms with E-state index in [1.807, 2.05) is 31.2 Å². The van der Waals surface area contributed by atoms with Crippen LogP contribution >= 0.6 is 0 Å². The van der Waals surface area contributed by atoms with Gasteiger partial charge in [0.25, 0.3) is 5.56 Å². The second-order valence-electron chi connectivity index (χ2n) is 6.99. The number of fused-ring (bicyclic) bond motifs is 2. The smallest absolute Gasteiger partial charge is 0.334 e. The van der Waals surface area contributed by atoms with Gasteiger partial charge in [0.05, 0.1) is 12.3 Å². The van der Waals surface area contributed by atoms with Crippen LogP contribution in [-0.2, 0) is 6.54 Å². The number of nitrogens with zero attached hydrogens (tertiary/aromatic N) is 3. The molecule has 2 N–H and O–H groups in total. The first-order valence-corrected chi connectivity index (χ1v) is 10.00. The van der Waals surface area contributed by atoms with Crippen LogP contribution in [0.1, 0.15) is 12.5 Å². The van der Waals surface area contributed by atoms with E-state index in [2.05, 4.69) is 20.3 Å². The topological polar surface area (TPSA) is 120 Å². The van der Waals surface area contributed by atoms with Crippen molar-refractivity contribution in [2.75, 3.05) is 18.7 Å². The first-order valence-electron chi connectivity index (χ1n) is 10.00. The van der Waals surface area contributed by atoms with Crippen LogP contribution in [0, 0.1) is 0 Å². The third kappa shape index (κ3) is 3.62. The van der Waals surface area contributed by atoms with E-state index in [9.17, 15) is 9.59 Å². The van der Waals surface area contributed by atoms with Crippen LogP contribution in [0.5, 0.6) is 17.2 Å². The number of anilines is 1. The summed E-state index contributed by atoms with van der Waals surface area (Å²) in [5.41, 5.74) is 0.378. The van der Waals surface area contributed by atoms with Crippen LogP contribution in [0.15, 0.2) is 58.3 Å². The molecule has 0 atom stereocenters. The van der Waals surface area contributed by atoms with Crippen molar-refractivity contribution < 1.29 is 14.2 Å². The number of benzene rings is 2. The lowest BCUT2D eigenvalue weighted by molar-refractivity contribution is 0.174. The van der Waals surface area contributed by atoms with Crippen LogP contribution in [0.25, 0.3) is 16.7 Å². The van der Waals surface area contributed by atoms with E-state index in [4.69, 9.17) is 14.2 Å². The maximum Gasteiger partial charge on any atom is 0.334 e. The summed E-state index contributed by atoms with van der Waals surface area (Å²) in [7, 11) is 0. The minimum absolute atomic E-state index is 0.0992. The van der Waals surface area contributed by atoms with Crippen molar-refractivity contribution in [3.05, 3.63) is 75.1 Å². The summed E-state index contributed by atoms with van der Waals surface area (Å²) in [6.07, 6.45) is 1.39. The van der Waals surface area contributed by atoms with Gasteiger partial charge < -0.3 is 19.5 Å². The average Bonchev–Trinajstić information content (AvgIpc) is 3.27. The van der Waals surface area contributed by atoms with Gasteiger partial charge in [0, 0.05) is 18.8 Å². The van der Waals surface area contributed by atoms with E-state index in [0.717, 1.165) is 15.9 Å². The molecule has 1 aliphatic rings. The van der Waals surface area contributed by atoms with Crippen molar-refractivity contribution in [1.29, 1.82) is 0 Å². The number of aromatic nitrogens is 4. The Kier molecular flexibility index (Phi) is 4.94. The van der Waals surface area contributed by atoms with Gasteiger partial charge in [0.2, 0.25) is 12.7 Å². The fourth-order valence-corrected chi connectivity index (χ4v) is 3.40. The molecule has 0 bridgehead atoms. The van der Waals surface area contributed by atoms with Gasteiger partial charge in [0.15, 0.2) is 17.1 Å². The van der Waals surface area contributed by atoms with Crippen LogP contribution in [0.3, 0.4) is 0 Å². The largest absolute Gasteiger partial charge is 0.494 e. The molecule has 10 heteroatoms. The second kappa shape index (κ2) is 8.06. The quantitative estimate of drug-likeness (QED) is 0.475. The van der Waals surface area contributed by atoms with Gasteiger partial charge in [0.1, 0.15) is 11.1 Å². The molecular formula is C22H19N5O5. The van der Waals surface area contributed by atoms with Gasteiger partial charge in [-0.2, -0.15) is 4.98 Å². The fraction of sp³-hybridized carbons (Fsp3) is 0.182. The van der Waals surface area contributed by atoms with E-state index in [0.29, 0.717) is 36.3 Å². The summed E-state index contributed by atoms with van der Waals surface area (Å²) in [6.45, 7) is 3.11. The zero-order valence-electron chi connectivity index (χ0n) is 17.1. The Balaban J connectivity index is 1.42. The predicted octanol–water partition coefficient (Wildman–Crippen LogP) is 2.21. The summed E-state index contributed by atoms with van der Waals surface area (Å²) in [6, 6.07) is 12.5. The van der Waals surface area contributed by atoms with E-state index in [1.165, 1.54) is 6.20 Å². The second-order valence-corrected chi connectivity index (χ2v) is 6.99. The highest BCUT2D eigenvalue weighted by Gasteiger charge is 2.17. The van der Waals surface area contributed by atoms with Crippen LogP contribution < -0.4 is 30.8 Å². The van der Waals surface area contributed by atoms with Gasteiger partial charge in [-0.25, -0.2) is 14.3 Å². The van der Waals surface area contributed by atoms with E-state index < -0.39 is 11.2 Å². The number of H-pyrrole nitrogens is 1. The minimum Gasteiger partial charge on any atom is -0.494 e. The van der Waals surface area contributed by atoms with E-state index in [1.54, 1.807) is 18.2 Å². The number of aromatic amines is 1. The van der Waals surface area contributed by atoms with Gasteiger partial charge >= 0.3 is 5.69 Å². The van der Waals surface area contributed by atoms with Gasteiger partial charge in [-0.3, -0.25) is 9.78 Å². The number of nitrogens with one attached hydrogen (secondary N) is 2. The maximum atomic E-state index is 13.0. The first kappa shape index (κ1) is 19.6. The van der Waals surface area contributed by atoms with Crippen LogP contribution in [0.2, 0.25) is 0 Å². The van der Waals surface area contributed by atoms with Gasteiger partial charge in [-0.15, -0.1) is 0 Å². The van der Waals surface area contributed by atoms with Crippen molar-refractivity contribution in [1.82, 2.24) is 19.5 Å². The summed E-state index contributed by atoms with van der Waals surface area (Å²) in [5.74, 6) is 2.13. The Bertz CT molecular complexity index is 1410. The highest BCUT2D eigenvalue weighted by molar-refractivity contribution is 5.73. The molecule has 0 radical (unpaired) electrons. The maximum absolute atomic E-state index is 13.0. The summed E-state index contributed by atoms with van der Waals surface area (Å²) in [4.78, 5) is 36.8. The van der Waals surface area contributed by atoms with Crippen molar-refractivity contribution in [3.63, 3.8) is 0 Å². The Morgan fingerprint density at radius 3 is 2.75 bits per heavy atom. The number of rotatable bonds is 6. The van der Waals surface area contributed by atoms with Crippen molar-refractivity contribution in [3.8, 4) is 22.9 Å². The highest BCUT2D eigenvalue weighted by Crippen LogP contribution is 2.33. The summed E-state index contributed by atoms with van der Waals surface area (Å²) >= 11 is 0. The highest BCUT2D eigenvalue weighted by atomic mass is 16.7. The molecule has 3 heterocycles. The molecule has 4 aromatic rings. The van der Waals surface area contributed by atoms with Crippen LogP contribution in [-0.4, -0.2) is 32.9 Å². The van der Waals surface area contributed by atoms with Crippen molar-refractivity contribution in [2.45, 2.75) is 13.5 Å². The third-order valence-electron chi connectivity index (χ3n) is 4.95. The number of ether oxygens (including phenoxy) is 3. The summed E-state index contributed by atoms with van der Waals surface area (Å²) < 4.78 is 17.1. The van der Waals surface area contributed by atoms with E-state index >= 15 is 0 Å². The third-order valence-corrected chi connectivity index (χ3v) is 4.95. The average molecular weight is 433 g/mol. The molecule has 1 aliphatic heterocycles. The molecule has 162 valence electrons. The molecule has 0 saturated heterocycles. The molecule has 0 saturated carbocycles. The Hall–Kier alpha value is -4.34. The molecule has 0 spiro atoms. The molecular weight excluding hydrogens is 414 g/mol.